The fourth-order valence-electron chi connectivity index (χ4n) is 2.10. The van der Waals surface area contributed by atoms with E-state index in [-0.39, 0.29) is 29.2 Å². The number of fused-ring (bicyclic) bond motifs is 3. The van der Waals surface area contributed by atoms with Gasteiger partial charge in [-0.05, 0) is 19.1 Å². The van der Waals surface area contributed by atoms with E-state index < -0.39 is 23.7 Å². The molecule has 0 saturated heterocycles. The summed E-state index contributed by atoms with van der Waals surface area (Å²) >= 11 is 0. The van der Waals surface area contributed by atoms with Crippen molar-refractivity contribution in [2.24, 2.45) is 5.92 Å². The summed E-state index contributed by atoms with van der Waals surface area (Å²) in [4.78, 5) is 4.06. The monoisotopic (exact) mass is 339 g/mol. The van der Waals surface area contributed by atoms with Crippen molar-refractivity contribution < 1.29 is 22.3 Å². The van der Waals surface area contributed by atoms with Crippen LogP contribution in [-0.2, 0) is 6.18 Å². The van der Waals surface area contributed by atoms with Gasteiger partial charge in [0.05, 0.1) is 23.0 Å². The molecule has 124 valence electrons. The van der Waals surface area contributed by atoms with Crippen LogP contribution in [0.2, 0.25) is 0 Å². The number of hydrogen-bond donors (Lipinski definition) is 0. The van der Waals surface area contributed by atoms with Gasteiger partial charge in [0.25, 0.3) is 5.88 Å². The van der Waals surface area contributed by atoms with Gasteiger partial charge in [-0.25, -0.2) is 9.37 Å². The van der Waals surface area contributed by atoms with Gasteiger partial charge in [-0.2, -0.15) is 18.4 Å². The number of ether oxygens (including phenoxy) is 1. The second-order valence-electron chi connectivity index (χ2n) is 5.07. The third kappa shape index (κ3) is 2.68. The highest BCUT2D eigenvalue weighted by atomic mass is 19.4. The fraction of sp³-hybridized carbons (Fsp3) is 0.286. The lowest BCUT2D eigenvalue weighted by atomic mass is 10.2. The Kier molecular flexibility index (Phi) is 3.71. The van der Waals surface area contributed by atoms with Crippen LogP contribution in [0.1, 0.15) is 12.7 Å². The number of rotatable bonds is 3. The summed E-state index contributed by atoms with van der Waals surface area (Å²) in [7, 11) is 0. The first kappa shape index (κ1) is 15.9. The predicted octanol–water partition coefficient (Wildman–Crippen LogP) is 2.97. The van der Waals surface area contributed by atoms with E-state index in [1.54, 1.807) is 6.92 Å². The van der Waals surface area contributed by atoms with Crippen molar-refractivity contribution in [1.82, 2.24) is 19.6 Å². The molecule has 0 amide bonds. The van der Waals surface area contributed by atoms with Gasteiger partial charge in [0, 0.05) is 6.07 Å². The molecule has 3 rings (SSSR count). The van der Waals surface area contributed by atoms with Crippen LogP contribution in [0.4, 0.5) is 17.6 Å². The lowest BCUT2D eigenvalue weighted by molar-refractivity contribution is -0.145. The third-order valence-electron chi connectivity index (χ3n) is 3.20. The molecule has 3 aromatic rings. The van der Waals surface area contributed by atoms with Crippen LogP contribution in [0.15, 0.2) is 18.2 Å². The highest BCUT2D eigenvalue weighted by Gasteiger charge is 2.38. The number of nitrogens with zero attached hydrogens (tertiary/aromatic N) is 5. The molecule has 0 aliphatic heterocycles. The summed E-state index contributed by atoms with van der Waals surface area (Å²) in [6, 6.07) is 5.14. The summed E-state index contributed by atoms with van der Waals surface area (Å²) in [6.45, 7) is 1.50. The molecule has 0 N–H and O–H groups in total. The number of halogens is 4. The van der Waals surface area contributed by atoms with Crippen molar-refractivity contribution in [3.05, 3.63) is 29.8 Å². The van der Waals surface area contributed by atoms with Crippen molar-refractivity contribution in [2.45, 2.75) is 13.1 Å². The van der Waals surface area contributed by atoms with Crippen molar-refractivity contribution in [3.63, 3.8) is 0 Å². The van der Waals surface area contributed by atoms with E-state index in [0.717, 1.165) is 12.1 Å². The minimum Gasteiger partial charge on any atom is -0.474 e. The molecule has 1 unspecified atom stereocenters. The topological polar surface area (TPSA) is 76.1 Å². The zero-order valence-electron chi connectivity index (χ0n) is 12.2. The second kappa shape index (κ2) is 5.59. The Morgan fingerprint density at radius 3 is 2.75 bits per heavy atom. The van der Waals surface area contributed by atoms with Crippen molar-refractivity contribution in [2.75, 3.05) is 6.61 Å². The first-order valence-electron chi connectivity index (χ1n) is 6.75. The molecule has 0 fully saturated rings. The number of aromatic nitrogens is 4. The molecule has 2 aromatic heterocycles. The van der Waals surface area contributed by atoms with E-state index >= 15 is 0 Å². The Labute approximate surface area is 132 Å². The first-order chi connectivity index (χ1) is 11.3. The maximum atomic E-state index is 13.5. The zero-order chi connectivity index (χ0) is 17.5. The van der Waals surface area contributed by atoms with Crippen LogP contribution in [0, 0.1) is 23.1 Å². The molecule has 0 aliphatic carbocycles. The van der Waals surface area contributed by atoms with Crippen LogP contribution in [0.5, 0.6) is 5.88 Å². The minimum absolute atomic E-state index is 0.0776. The molecule has 2 heterocycles. The molecule has 24 heavy (non-hydrogen) atoms. The van der Waals surface area contributed by atoms with Crippen LogP contribution in [0.25, 0.3) is 16.7 Å². The first-order valence-corrected chi connectivity index (χ1v) is 6.75. The fourth-order valence-corrected chi connectivity index (χ4v) is 2.10. The Balaban J connectivity index is 2.28. The van der Waals surface area contributed by atoms with Crippen molar-refractivity contribution in [1.29, 1.82) is 5.26 Å². The van der Waals surface area contributed by atoms with Crippen molar-refractivity contribution in [3.8, 4) is 11.9 Å². The largest absolute Gasteiger partial charge is 0.474 e. The molecule has 0 saturated carbocycles. The predicted molar refractivity (Wildman–Crippen MR) is 73.5 cm³/mol. The van der Waals surface area contributed by atoms with Crippen LogP contribution < -0.4 is 4.74 Å². The van der Waals surface area contributed by atoms with Crippen LogP contribution in [0.3, 0.4) is 0 Å². The van der Waals surface area contributed by atoms with E-state index in [1.807, 2.05) is 6.07 Å². The lowest BCUT2D eigenvalue weighted by Crippen LogP contribution is -2.13. The summed E-state index contributed by atoms with van der Waals surface area (Å²) in [5.41, 5.74) is -0.359. The van der Waals surface area contributed by atoms with Gasteiger partial charge in [-0.3, -0.25) is 4.40 Å². The maximum absolute atomic E-state index is 13.5. The molecule has 0 radical (unpaired) electrons. The van der Waals surface area contributed by atoms with Gasteiger partial charge in [0.1, 0.15) is 12.4 Å². The van der Waals surface area contributed by atoms with E-state index in [0.29, 0.717) is 4.40 Å². The van der Waals surface area contributed by atoms with Gasteiger partial charge in [0.2, 0.25) is 11.5 Å². The molecule has 10 heteroatoms. The smallest absolute Gasteiger partial charge is 0.452 e. The second-order valence-corrected chi connectivity index (χ2v) is 5.07. The zero-order valence-corrected chi connectivity index (χ0v) is 12.2. The molecule has 1 aromatic carbocycles. The molecule has 0 bridgehead atoms. The molecular weight excluding hydrogens is 330 g/mol. The van der Waals surface area contributed by atoms with Gasteiger partial charge in [-0.1, -0.05) is 0 Å². The Hall–Kier alpha value is -2.96. The van der Waals surface area contributed by atoms with E-state index in [9.17, 15) is 17.6 Å². The highest BCUT2D eigenvalue weighted by Crippen LogP contribution is 2.32. The Morgan fingerprint density at radius 1 is 1.33 bits per heavy atom. The Morgan fingerprint density at radius 2 is 2.08 bits per heavy atom. The molecule has 0 spiro atoms. The summed E-state index contributed by atoms with van der Waals surface area (Å²) in [5, 5.41) is 15.4. The average Bonchev–Trinajstić information content (AvgIpc) is 2.98. The molecule has 1 atom stereocenters. The number of alkyl halides is 3. The average molecular weight is 339 g/mol. The van der Waals surface area contributed by atoms with Crippen molar-refractivity contribution >= 4 is 16.7 Å². The third-order valence-corrected chi connectivity index (χ3v) is 3.20. The summed E-state index contributed by atoms with van der Waals surface area (Å²) in [6.07, 6.45) is -4.79. The quantitative estimate of drug-likeness (QED) is 0.686. The van der Waals surface area contributed by atoms with Gasteiger partial charge in [0.15, 0.2) is 0 Å². The van der Waals surface area contributed by atoms with Gasteiger partial charge in [-0.15, -0.1) is 10.2 Å². The molecule has 0 aliphatic rings. The molecular formula is C14H9F4N5O. The normalized spacial score (nSPS) is 13.2. The maximum Gasteiger partial charge on any atom is 0.452 e. The summed E-state index contributed by atoms with van der Waals surface area (Å²) < 4.78 is 58.9. The minimum atomic E-state index is -4.79. The highest BCUT2D eigenvalue weighted by molar-refractivity contribution is 5.80. The van der Waals surface area contributed by atoms with E-state index in [4.69, 9.17) is 10.00 Å². The molecule has 6 nitrogen and oxygen atoms in total. The Bertz CT molecular complexity index is 960. The number of hydrogen-bond acceptors (Lipinski definition) is 5. The van der Waals surface area contributed by atoms with Gasteiger partial charge < -0.3 is 4.74 Å². The van der Waals surface area contributed by atoms with Crippen LogP contribution in [-0.4, -0.2) is 26.2 Å². The number of nitriles is 1. The SMILES string of the molecule is CC(C#N)COc1nc2ccc(F)cc2n2c(C(F)(F)F)nnc12. The number of benzene rings is 1. The lowest BCUT2D eigenvalue weighted by Gasteiger charge is -2.11. The van der Waals surface area contributed by atoms with E-state index in [1.165, 1.54) is 6.07 Å². The van der Waals surface area contributed by atoms with Crippen LogP contribution >= 0.6 is 0 Å². The standard InChI is InChI=1S/C14H9F4N5O/c1-7(5-19)6-24-12-11-21-22-13(14(16,17)18)23(11)10-4-8(15)2-3-9(10)20-12/h2-4,7H,6H2,1H3. The van der Waals surface area contributed by atoms with E-state index in [2.05, 4.69) is 15.2 Å². The van der Waals surface area contributed by atoms with Gasteiger partial charge >= 0.3 is 6.18 Å². The summed E-state index contributed by atoms with van der Waals surface area (Å²) in [5.74, 6) is -2.74.